The van der Waals surface area contributed by atoms with Crippen LogP contribution in [0, 0.1) is 6.92 Å². The zero-order valence-electron chi connectivity index (χ0n) is 11.0. The number of halogens is 3. The lowest BCUT2D eigenvalue weighted by Gasteiger charge is -2.10. The van der Waals surface area contributed by atoms with Gasteiger partial charge in [-0.2, -0.15) is 13.2 Å². The Morgan fingerprint density at radius 2 is 1.71 bits per heavy atom. The van der Waals surface area contributed by atoms with Gasteiger partial charge < -0.3 is 5.32 Å². The SMILES string of the molecule is Cc1ccc(S)cc1C(=O)Nc1ccc(C(F)(F)F)cc1. The third kappa shape index (κ3) is 3.78. The van der Waals surface area contributed by atoms with Crippen LogP contribution in [0.5, 0.6) is 0 Å². The molecule has 0 aliphatic rings. The van der Waals surface area contributed by atoms with Gasteiger partial charge in [0.05, 0.1) is 5.56 Å². The molecule has 0 bridgehead atoms. The Balaban J connectivity index is 2.18. The fourth-order valence-electron chi connectivity index (χ4n) is 1.80. The van der Waals surface area contributed by atoms with Crippen LogP contribution in [0.2, 0.25) is 0 Å². The van der Waals surface area contributed by atoms with Gasteiger partial charge in [-0.3, -0.25) is 4.79 Å². The summed E-state index contributed by atoms with van der Waals surface area (Å²) in [5.74, 6) is -0.386. The summed E-state index contributed by atoms with van der Waals surface area (Å²) in [6, 6.07) is 9.42. The van der Waals surface area contributed by atoms with E-state index in [9.17, 15) is 18.0 Å². The van der Waals surface area contributed by atoms with Crippen molar-refractivity contribution < 1.29 is 18.0 Å². The second-order valence-corrected chi connectivity index (χ2v) is 5.04. The van der Waals surface area contributed by atoms with Crippen molar-refractivity contribution in [3.63, 3.8) is 0 Å². The quantitative estimate of drug-likeness (QED) is 0.783. The standard InChI is InChI=1S/C15H12F3NOS/c1-9-2-7-12(21)8-13(9)14(20)19-11-5-3-10(4-6-11)15(16,17)18/h2-8,21H,1H3,(H,19,20). The van der Waals surface area contributed by atoms with E-state index in [0.29, 0.717) is 16.1 Å². The molecule has 0 fully saturated rings. The molecule has 0 unspecified atom stereocenters. The summed E-state index contributed by atoms with van der Waals surface area (Å²) in [4.78, 5) is 12.7. The molecule has 110 valence electrons. The highest BCUT2D eigenvalue weighted by atomic mass is 32.1. The number of amides is 1. The van der Waals surface area contributed by atoms with Crippen LogP contribution in [0.3, 0.4) is 0 Å². The number of rotatable bonds is 2. The van der Waals surface area contributed by atoms with E-state index in [1.165, 1.54) is 12.1 Å². The van der Waals surface area contributed by atoms with Crippen molar-refractivity contribution in [1.82, 2.24) is 0 Å². The predicted octanol–water partition coefficient (Wildman–Crippen LogP) is 4.55. The van der Waals surface area contributed by atoms with Crippen molar-refractivity contribution in [2.45, 2.75) is 18.0 Å². The third-order valence-electron chi connectivity index (χ3n) is 2.94. The molecule has 0 saturated heterocycles. The lowest BCUT2D eigenvalue weighted by Crippen LogP contribution is -2.13. The molecular weight excluding hydrogens is 299 g/mol. The summed E-state index contributed by atoms with van der Waals surface area (Å²) in [6.45, 7) is 1.77. The highest BCUT2D eigenvalue weighted by Crippen LogP contribution is 2.30. The van der Waals surface area contributed by atoms with Crippen molar-refractivity contribution >= 4 is 24.2 Å². The Morgan fingerprint density at radius 1 is 1.10 bits per heavy atom. The molecule has 2 aromatic carbocycles. The first-order valence-electron chi connectivity index (χ1n) is 6.05. The number of benzene rings is 2. The predicted molar refractivity (Wildman–Crippen MR) is 77.8 cm³/mol. The number of alkyl halides is 3. The van der Waals surface area contributed by atoms with E-state index in [4.69, 9.17) is 0 Å². The first kappa shape index (κ1) is 15.4. The van der Waals surface area contributed by atoms with Crippen LogP contribution in [0.25, 0.3) is 0 Å². The van der Waals surface area contributed by atoms with Crippen molar-refractivity contribution in [2.75, 3.05) is 5.32 Å². The lowest BCUT2D eigenvalue weighted by atomic mass is 10.1. The summed E-state index contributed by atoms with van der Waals surface area (Å²) in [7, 11) is 0. The molecule has 21 heavy (non-hydrogen) atoms. The molecule has 0 aliphatic heterocycles. The second-order valence-electron chi connectivity index (χ2n) is 4.53. The highest BCUT2D eigenvalue weighted by Gasteiger charge is 2.30. The molecule has 2 rings (SSSR count). The van der Waals surface area contributed by atoms with E-state index in [0.717, 1.165) is 17.7 Å². The topological polar surface area (TPSA) is 29.1 Å². The highest BCUT2D eigenvalue weighted by molar-refractivity contribution is 7.80. The average molecular weight is 311 g/mol. The van der Waals surface area contributed by atoms with Gasteiger partial charge in [0.25, 0.3) is 5.91 Å². The number of hydrogen-bond donors (Lipinski definition) is 2. The molecule has 0 radical (unpaired) electrons. The Labute approximate surface area is 125 Å². The van der Waals surface area contributed by atoms with Gasteiger partial charge in [-0.05, 0) is 48.9 Å². The minimum atomic E-state index is -4.39. The van der Waals surface area contributed by atoms with Crippen LogP contribution in [0.1, 0.15) is 21.5 Å². The number of thiol groups is 1. The molecule has 0 saturated carbocycles. The van der Waals surface area contributed by atoms with Crippen LogP contribution < -0.4 is 5.32 Å². The van der Waals surface area contributed by atoms with Crippen molar-refractivity contribution in [2.24, 2.45) is 0 Å². The summed E-state index contributed by atoms with van der Waals surface area (Å²) >= 11 is 4.16. The fraction of sp³-hybridized carbons (Fsp3) is 0.133. The summed E-state index contributed by atoms with van der Waals surface area (Å²) in [5.41, 5.74) is 0.741. The molecule has 1 N–H and O–H groups in total. The first-order valence-corrected chi connectivity index (χ1v) is 6.50. The van der Waals surface area contributed by atoms with Gasteiger partial charge in [0.1, 0.15) is 0 Å². The Hall–Kier alpha value is -1.95. The van der Waals surface area contributed by atoms with Gasteiger partial charge in [0.2, 0.25) is 0 Å². The van der Waals surface area contributed by atoms with Crippen LogP contribution in [0.15, 0.2) is 47.4 Å². The molecule has 0 aliphatic carbocycles. The van der Waals surface area contributed by atoms with Gasteiger partial charge >= 0.3 is 6.18 Å². The molecule has 0 heterocycles. The van der Waals surface area contributed by atoms with Crippen molar-refractivity contribution in [1.29, 1.82) is 0 Å². The van der Waals surface area contributed by atoms with Gasteiger partial charge in [0, 0.05) is 16.1 Å². The van der Waals surface area contributed by atoms with Crippen molar-refractivity contribution in [3.8, 4) is 0 Å². The molecule has 0 spiro atoms. The van der Waals surface area contributed by atoms with E-state index in [1.54, 1.807) is 25.1 Å². The molecule has 6 heteroatoms. The van der Waals surface area contributed by atoms with Gasteiger partial charge in [-0.15, -0.1) is 12.6 Å². The first-order chi connectivity index (χ1) is 9.77. The minimum Gasteiger partial charge on any atom is -0.322 e. The molecule has 2 nitrogen and oxygen atoms in total. The van der Waals surface area contributed by atoms with Gasteiger partial charge in [-0.1, -0.05) is 6.07 Å². The number of carbonyl (C=O) groups is 1. The normalized spacial score (nSPS) is 11.3. The minimum absolute atomic E-state index is 0.303. The number of carbonyl (C=O) groups excluding carboxylic acids is 1. The fourth-order valence-corrected chi connectivity index (χ4v) is 2.00. The molecule has 2 aromatic rings. The number of aryl methyl sites for hydroxylation is 1. The van der Waals surface area contributed by atoms with Crippen LogP contribution in [0.4, 0.5) is 18.9 Å². The Bertz CT molecular complexity index is 666. The largest absolute Gasteiger partial charge is 0.416 e. The molecule has 1 amide bonds. The Morgan fingerprint density at radius 3 is 2.29 bits per heavy atom. The maximum Gasteiger partial charge on any atom is 0.416 e. The van der Waals surface area contributed by atoms with Crippen LogP contribution in [-0.2, 0) is 6.18 Å². The smallest absolute Gasteiger partial charge is 0.322 e. The van der Waals surface area contributed by atoms with E-state index in [2.05, 4.69) is 17.9 Å². The van der Waals surface area contributed by atoms with Gasteiger partial charge in [-0.25, -0.2) is 0 Å². The van der Waals surface area contributed by atoms with Gasteiger partial charge in [0.15, 0.2) is 0 Å². The van der Waals surface area contributed by atoms with E-state index in [-0.39, 0.29) is 5.91 Å². The molecule has 0 aromatic heterocycles. The van der Waals surface area contributed by atoms with Crippen molar-refractivity contribution in [3.05, 3.63) is 59.2 Å². The van der Waals surface area contributed by atoms with E-state index in [1.807, 2.05) is 0 Å². The molecule has 0 atom stereocenters. The van der Waals surface area contributed by atoms with E-state index >= 15 is 0 Å². The number of anilines is 1. The number of nitrogens with one attached hydrogen (secondary N) is 1. The molecular formula is C15H12F3NOS. The van der Waals surface area contributed by atoms with Crippen LogP contribution in [-0.4, -0.2) is 5.91 Å². The third-order valence-corrected chi connectivity index (χ3v) is 3.21. The summed E-state index contributed by atoms with van der Waals surface area (Å²) < 4.78 is 37.3. The Kier molecular flexibility index (Phi) is 4.27. The second kappa shape index (κ2) is 5.81. The monoisotopic (exact) mass is 311 g/mol. The maximum absolute atomic E-state index is 12.4. The summed E-state index contributed by atoms with van der Waals surface area (Å²) in [5, 5.41) is 2.56. The lowest BCUT2D eigenvalue weighted by molar-refractivity contribution is -0.137. The summed E-state index contributed by atoms with van der Waals surface area (Å²) in [6.07, 6.45) is -4.39. The zero-order valence-corrected chi connectivity index (χ0v) is 11.9. The maximum atomic E-state index is 12.4. The zero-order chi connectivity index (χ0) is 15.6. The number of hydrogen-bond acceptors (Lipinski definition) is 2. The average Bonchev–Trinajstić information content (AvgIpc) is 2.41. The van der Waals surface area contributed by atoms with E-state index < -0.39 is 11.7 Å². The van der Waals surface area contributed by atoms with Crippen LogP contribution >= 0.6 is 12.6 Å².